The predicted octanol–water partition coefficient (Wildman–Crippen LogP) is 7.83. The van der Waals surface area contributed by atoms with Gasteiger partial charge in [-0.15, -0.1) is 0 Å². The molecule has 4 fully saturated rings. The van der Waals surface area contributed by atoms with Gasteiger partial charge in [-0.1, -0.05) is 84.4 Å². The van der Waals surface area contributed by atoms with Gasteiger partial charge in [0.15, 0.2) is 0 Å². The van der Waals surface area contributed by atoms with E-state index in [1.54, 1.807) is 5.57 Å². The smallest absolute Gasteiger partial charge is 0.0720 e. The van der Waals surface area contributed by atoms with Crippen molar-refractivity contribution in [2.75, 3.05) is 6.61 Å². The van der Waals surface area contributed by atoms with Gasteiger partial charge in [-0.05, 0) is 108 Å². The van der Waals surface area contributed by atoms with Gasteiger partial charge in [-0.3, -0.25) is 0 Å². The van der Waals surface area contributed by atoms with Crippen molar-refractivity contribution in [3.8, 4) is 0 Å². The van der Waals surface area contributed by atoms with Gasteiger partial charge in [0.2, 0.25) is 0 Å². The van der Waals surface area contributed by atoms with E-state index >= 15 is 0 Å². The van der Waals surface area contributed by atoms with Gasteiger partial charge in [0.05, 0.1) is 32.0 Å². The fourth-order valence-corrected chi connectivity index (χ4v) is 11.9. The number of benzene rings is 1. The van der Waals surface area contributed by atoms with Gasteiger partial charge in [0.25, 0.3) is 0 Å². The van der Waals surface area contributed by atoms with Gasteiger partial charge in [-0.2, -0.15) is 0 Å². The van der Waals surface area contributed by atoms with Crippen LogP contribution in [0, 0.1) is 50.2 Å². The van der Waals surface area contributed by atoms with E-state index in [0.29, 0.717) is 24.4 Å². The Balaban J connectivity index is 1.32. The average molecular weight is 579 g/mol. The minimum absolute atomic E-state index is 0.0773. The van der Waals surface area contributed by atoms with Crippen molar-refractivity contribution in [2.24, 2.45) is 50.2 Å². The third kappa shape index (κ3) is 4.28. The summed E-state index contributed by atoms with van der Waals surface area (Å²) in [5.41, 5.74) is 4.32. The van der Waals surface area contributed by atoms with Crippen LogP contribution in [0.25, 0.3) is 0 Å². The molecule has 6 rings (SSSR count). The monoisotopic (exact) mass is 578 g/mol. The molecule has 0 saturated heterocycles. The summed E-state index contributed by atoms with van der Waals surface area (Å²) >= 11 is 0. The highest BCUT2D eigenvalue weighted by Gasteiger charge is 2.69. The molecule has 234 valence electrons. The van der Waals surface area contributed by atoms with Gasteiger partial charge in [0.1, 0.15) is 0 Å². The van der Waals surface area contributed by atoms with E-state index in [9.17, 15) is 15.3 Å². The largest absolute Gasteiger partial charge is 0.396 e. The van der Waals surface area contributed by atoms with Crippen molar-refractivity contribution in [2.45, 2.75) is 132 Å². The average Bonchev–Trinajstić information content (AvgIpc) is 2.95. The molecule has 0 heterocycles. The number of hydrogen-bond acceptors (Lipinski definition) is 4. The Labute approximate surface area is 255 Å². The Morgan fingerprint density at radius 1 is 0.786 bits per heavy atom. The van der Waals surface area contributed by atoms with Crippen LogP contribution in [0.4, 0.5) is 0 Å². The number of aliphatic hydroxyl groups excluding tert-OH is 3. The second-order valence-electron chi connectivity index (χ2n) is 17.4. The summed E-state index contributed by atoms with van der Waals surface area (Å²) in [4.78, 5) is 0. The summed E-state index contributed by atoms with van der Waals surface area (Å²) in [6.45, 7) is 18.2. The molecular formula is C38H58O4. The highest BCUT2D eigenvalue weighted by Crippen LogP contribution is 2.75. The highest BCUT2D eigenvalue weighted by molar-refractivity contribution is 5.34. The number of ether oxygens (including phenoxy) is 1. The molecule has 4 nitrogen and oxygen atoms in total. The normalized spacial score (nSPS) is 47.9. The lowest BCUT2D eigenvalue weighted by molar-refractivity contribution is -0.220. The first kappa shape index (κ1) is 30.8. The number of rotatable bonds is 5. The lowest BCUT2D eigenvalue weighted by Gasteiger charge is -2.71. The van der Waals surface area contributed by atoms with E-state index in [-0.39, 0.29) is 46.4 Å². The molecule has 42 heavy (non-hydrogen) atoms. The second kappa shape index (κ2) is 10.2. The molecule has 0 spiro atoms. The molecule has 4 heteroatoms. The summed E-state index contributed by atoms with van der Waals surface area (Å²) in [7, 11) is 0. The molecule has 5 aliphatic rings. The van der Waals surface area contributed by atoms with Crippen LogP contribution in [0.3, 0.4) is 0 Å². The van der Waals surface area contributed by atoms with Gasteiger partial charge in [0, 0.05) is 10.8 Å². The number of hydrogen-bond donors (Lipinski definition) is 3. The summed E-state index contributed by atoms with van der Waals surface area (Å²) in [5, 5.41) is 31.1. The third-order valence-corrected chi connectivity index (χ3v) is 14.9. The highest BCUT2D eigenvalue weighted by atomic mass is 16.5. The van der Waals surface area contributed by atoms with E-state index in [2.05, 4.69) is 66.7 Å². The Kier molecular flexibility index (Phi) is 7.45. The van der Waals surface area contributed by atoms with Crippen LogP contribution in [-0.4, -0.2) is 34.1 Å². The van der Waals surface area contributed by atoms with E-state index in [1.165, 1.54) is 31.2 Å². The molecule has 0 aliphatic heterocycles. The molecule has 10 atom stereocenters. The van der Waals surface area contributed by atoms with Crippen LogP contribution in [0.1, 0.15) is 117 Å². The Morgan fingerprint density at radius 2 is 1.48 bits per heavy atom. The molecule has 4 saturated carbocycles. The minimum atomic E-state index is -0.403. The number of allylic oxidation sites excluding steroid dienone is 2. The zero-order valence-corrected chi connectivity index (χ0v) is 27.5. The Bertz CT molecular complexity index is 1200. The second-order valence-corrected chi connectivity index (χ2v) is 17.4. The third-order valence-electron chi connectivity index (χ3n) is 14.9. The lowest BCUT2D eigenvalue weighted by Crippen LogP contribution is -2.66. The van der Waals surface area contributed by atoms with Gasteiger partial charge in [-0.25, -0.2) is 0 Å². The molecule has 2 unspecified atom stereocenters. The molecule has 0 amide bonds. The topological polar surface area (TPSA) is 69.9 Å². The summed E-state index contributed by atoms with van der Waals surface area (Å²) < 4.78 is 6.89. The molecule has 5 aliphatic carbocycles. The maximum Gasteiger partial charge on any atom is 0.0720 e. The Morgan fingerprint density at radius 3 is 2.14 bits per heavy atom. The van der Waals surface area contributed by atoms with Crippen molar-refractivity contribution in [1.82, 2.24) is 0 Å². The Hall–Kier alpha value is -1.20. The zero-order chi connectivity index (χ0) is 30.3. The molecule has 1 aromatic carbocycles. The van der Waals surface area contributed by atoms with Crippen LogP contribution in [0.15, 0.2) is 35.9 Å². The van der Waals surface area contributed by atoms with Gasteiger partial charge < -0.3 is 20.1 Å². The van der Waals surface area contributed by atoms with Gasteiger partial charge >= 0.3 is 0 Å². The maximum atomic E-state index is 11.1. The standard InChI is InChI=1S/C38H58O4/c1-33(2)20-28-27-12-13-30-35(4)16-15-31(41)36(5,24-40)29(35)14-17-38(30,7)37(27,6)19-18-34(28,3)32(21-33)42-23-26-10-8-25(22-39)9-11-26/h8-12,28-32,39-41H,13-24H2,1-7H3/t28-,29?,30?,31-,32+,34+,35-,36+,37+,38+/m0/s1. The molecule has 3 N–H and O–H groups in total. The summed E-state index contributed by atoms with van der Waals surface area (Å²) in [6.07, 6.45) is 12.6. The van der Waals surface area contributed by atoms with Crippen molar-refractivity contribution in [3.05, 3.63) is 47.0 Å². The van der Waals surface area contributed by atoms with Crippen LogP contribution in [0.2, 0.25) is 0 Å². The van der Waals surface area contributed by atoms with E-state index in [4.69, 9.17) is 4.74 Å². The fraction of sp³-hybridized carbons (Fsp3) is 0.789. The first-order valence-corrected chi connectivity index (χ1v) is 17.0. The van der Waals surface area contributed by atoms with Crippen molar-refractivity contribution in [3.63, 3.8) is 0 Å². The van der Waals surface area contributed by atoms with Crippen LogP contribution < -0.4 is 0 Å². The fourth-order valence-electron chi connectivity index (χ4n) is 11.9. The maximum absolute atomic E-state index is 11.1. The van der Waals surface area contributed by atoms with Crippen molar-refractivity contribution >= 4 is 0 Å². The minimum Gasteiger partial charge on any atom is -0.396 e. The predicted molar refractivity (Wildman–Crippen MR) is 168 cm³/mol. The quantitative estimate of drug-likeness (QED) is 0.312. The van der Waals surface area contributed by atoms with E-state index < -0.39 is 11.5 Å². The van der Waals surface area contributed by atoms with E-state index in [1.807, 2.05) is 12.1 Å². The van der Waals surface area contributed by atoms with Crippen LogP contribution in [-0.2, 0) is 18.0 Å². The van der Waals surface area contributed by atoms with Crippen molar-refractivity contribution < 1.29 is 20.1 Å². The lowest BCUT2D eigenvalue weighted by atomic mass is 9.33. The molecule has 1 aromatic rings. The van der Waals surface area contributed by atoms with Crippen LogP contribution in [0.5, 0.6) is 0 Å². The van der Waals surface area contributed by atoms with Crippen molar-refractivity contribution in [1.29, 1.82) is 0 Å². The number of aliphatic hydroxyl groups is 3. The molecular weight excluding hydrogens is 520 g/mol. The summed E-state index contributed by atoms with van der Waals surface area (Å²) in [5.74, 6) is 1.47. The number of fused-ring (bicyclic) bond motifs is 7. The molecule has 0 aromatic heterocycles. The first-order chi connectivity index (χ1) is 19.7. The first-order valence-electron chi connectivity index (χ1n) is 17.0. The molecule has 0 bridgehead atoms. The zero-order valence-electron chi connectivity index (χ0n) is 27.5. The summed E-state index contributed by atoms with van der Waals surface area (Å²) in [6, 6.07) is 8.22. The van der Waals surface area contributed by atoms with Crippen LogP contribution >= 0.6 is 0 Å². The van der Waals surface area contributed by atoms with E-state index in [0.717, 1.165) is 37.7 Å². The molecule has 0 radical (unpaired) electrons. The SMILES string of the molecule is CC1(C)C[C@@H](OCc2ccc(CO)cc2)[C@]2(C)CC[C@]3(C)C(=CCC4[C@@]5(C)CC[C@H](O)[C@](C)(CO)C5CC[C@]43C)[C@@H]2C1.